The van der Waals surface area contributed by atoms with Crippen molar-refractivity contribution < 1.29 is 9.90 Å². The standard InChI is InChI=1S/C15H19NO2/c1-2-3-4-7-10-16-13-9-6-5-8-12(13)11-14(16)15(17)18/h5-6,8-9,11H,2-4,7,10H2,1H3,(H,17,18). The van der Waals surface area contributed by atoms with E-state index in [1.807, 2.05) is 28.8 Å². The number of aryl methyl sites for hydroxylation is 1. The maximum atomic E-state index is 11.3. The molecule has 18 heavy (non-hydrogen) atoms. The lowest BCUT2D eigenvalue weighted by atomic mass is 10.2. The number of hydrogen-bond acceptors (Lipinski definition) is 1. The molecule has 1 N–H and O–H groups in total. The van der Waals surface area contributed by atoms with Crippen LogP contribution >= 0.6 is 0 Å². The Hall–Kier alpha value is -1.77. The molecule has 1 aromatic carbocycles. The van der Waals surface area contributed by atoms with Gasteiger partial charge in [0.15, 0.2) is 0 Å². The first-order valence-corrected chi connectivity index (χ1v) is 6.55. The van der Waals surface area contributed by atoms with Crippen LogP contribution in [0, 0.1) is 0 Å². The second-order valence-electron chi connectivity index (χ2n) is 4.61. The minimum atomic E-state index is -0.846. The number of benzene rings is 1. The van der Waals surface area contributed by atoms with Crippen molar-refractivity contribution in [1.82, 2.24) is 4.57 Å². The van der Waals surface area contributed by atoms with E-state index >= 15 is 0 Å². The van der Waals surface area contributed by atoms with Crippen LogP contribution in [0.2, 0.25) is 0 Å². The molecule has 2 aromatic rings. The number of aromatic nitrogens is 1. The second-order valence-corrected chi connectivity index (χ2v) is 4.61. The van der Waals surface area contributed by atoms with Crippen molar-refractivity contribution in [2.75, 3.05) is 0 Å². The van der Waals surface area contributed by atoms with E-state index in [0.29, 0.717) is 5.69 Å². The van der Waals surface area contributed by atoms with Crippen LogP contribution in [-0.4, -0.2) is 15.6 Å². The van der Waals surface area contributed by atoms with Crippen molar-refractivity contribution in [3.63, 3.8) is 0 Å². The predicted octanol–water partition coefficient (Wildman–Crippen LogP) is 3.92. The van der Waals surface area contributed by atoms with Crippen LogP contribution in [0.25, 0.3) is 10.9 Å². The highest BCUT2D eigenvalue weighted by Gasteiger charge is 2.13. The molecule has 0 fully saturated rings. The Morgan fingerprint density at radius 2 is 2.00 bits per heavy atom. The summed E-state index contributed by atoms with van der Waals surface area (Å²) in [5, 5.41) is 10.3. The molecule has 1 heterocycles. The molecule has 0 radical (unpaired) electrons. The summed E-state index contributed by atoms with van der Waals surface area (Å²) in [6.45, 7) is 2.96. The Morgan fingerprint density at radius 1 is 1.22 bits per heavy atom. The lowest BCUT2D eigenvalue weighted by Gasteiger charge is -2.07. The highest BCUT2D eigenvalue weighted by atomic mass is 16.4. The average Bonchev–Trinajstić information content (AvgIpc) is 2.74. The first kappa shape index (κ1) is 12.7. The minimum Gasteiger partial charge on any atom is -0.477 e. The fourth-order valence-electron chi connectivity index (χ4n) is 2.33. The number of rotatable bonds is 6. The zero-order chi connectivity index (χ0) is 13.0. The molecule has 0 amide bonds. The fraction of sp³-hybridized carbons (Fsp3) is 0.400. The van der Waals surface area contributed by atoms with Gasteiger partial charge in [-0.2, -0.15) is 0 Å². The summed E-state index contributed by atoms with van der Waals surface area (Å²) in [6.07, 6.45) is 4.59. The number of carboxylic acid groups (broad SMARTS) is 1. The first-order valence-electron chi connectivity index (χ1n) is 6.55. The Bertz CT molecular complexity index is 542. The summed E-state index contributed by atoms with van der Waals surface area (Å²) in [6, 6.07) is 9.61. The maximum Gasteiger partial charge on any atom is 0.352 e. The van der Waals surface area contributed by atoms with Gasteiger partial charge >= 0.3 is 5.97 Å². The molecule has 0 aliphatic rings. The van der Waals surface area contributed by atoms with Gasteiger partial charge in [-0.25, -0.2) is 4.79 Å². The molecule has 0 aliphatic heterocycles. The van der Waals surface area contributed by atoms with Crippen molar-refractivity contribution in [2.45, 2.75) is 39.2 Å². The van der Waals surface area contributed by atoms with E-state index in [0.717, 1.165) is 30.3 Å². The van der Waals surface area contributed by atoms with Crippen molar-refractivity contribution in [2.24, 2.45) is 0 Å². The molecule has 0 aliphatic carbocycles. The first-order chi connectivity index (χ1) is 8.74. The Morgan fingerprint density at radius 3 is 2.72 bits per heavy atom. The summed E-state index contributed by atoms with van der Waals surface area (Å²) in [5.74, 6) is -0.846. The van der Waals surface area contributed by atoms with Gasteiger partial charge in [-0.1, -0.05) is 44.4 Å². The van der Waals surface area contributed by atoms with Gasteiger partial charge in [-0.05, 0) is 18.6 Å². The molecule has 96 valence electrons. The van der Waals surface area contributed by atoms with Crippen molar-refractivity contribution >= 4 is 16.9 Å². The smallest absolute Gasteiger partial charge is 0.352 e. The number of nitrogens with zero attached hydrogens (tertiary/aromatic N) is 1. The van der Waals surface area contributed by atoms with Crippen LogP contribution < -0.4 is 0 Å². The van der Waals surface area contributed by atoms with E-state index < -0.39 is 5.97 Å². The molecule has 0 bridgehead atoms. The van der Waals surface area contributed by atoms with Gasteiger partial charge in [-0.15, -0.1) is 0 Å². The topological polar surface area (TPSA) is 42.2 Å². The van der Waals surface area contributed by atoms with Gasteiger partial charge < -0.3 is 9.67 Å². The molecule has 0 atom stereocenters. The molecule has 3 heteroatoms. The number of carboxylic acids is 1. The van der Waals surface area contributed by atoms with Crippen molar-refractivity contribution in [3.8, 4) is 0 Å². The van der Waals surface area contributed by atoms with Gasteiger partial charge in [0.05, 0.1) is 0 Å². The van der Waals surface area contributed by atoms with E-state index in [1.54, 1.807) is 6.07 Å². The summed E-state index contributed by atoms with van der Waals surface area (Å²) in [4.78, 5) is 11.3. The zero-order valence-corrected chi connectivity index (χ0v) is 10.7. The molecule has 0 unspecified atom stereocenters. The number of fused-ring (bicyclic) bond motifs is 1. The number of aromatic carboxylic acids is 1. The van der Waals surface area contributed by atoms with Crippen LogP contribution in [0.5, 0.6) is 0 Å². The van der Waals surface area contributed by atoms with Crippen molar-refractivity contribution in [3.05, 3.63) is 36.0 Å². The van der Waals surface area contributed by atoms with E-state index in [-0.39, 0.29) is 0 Å². The molecule has 0 spiro atoms. The molecule has 2 rings (SSSR count). The van der Waals surface area contributed by atoms with Gasteiger partial charge in [0.2, 0.25) is 0 Å². The van der Waals surface area contributed by atoms with Gasteiger partial charge in [0, 0.05) is 17.4 Å². The third-order valence-corrected chi connectivity index (χ3v) is 3.26. The van der Waals surface area contributed by atoms with E-state index in [4.69, 9.17) is 0 Å². The highest BCUT2D eigenvalue weighted by molar-refractivity contribution is 5.94. The van der Waals surface area contributed by atoms with E-state index in [2.05, 4.69) is 6.92 Å². The Balaban J connectivity index is 2.27. The highest BCUT2D eigenvalue weighted by Crippen LogP contribution is 2.20. The van der Waals surface area contributed by atoms with E-state index in [1.165, 1.54) is 12.8 Å². The van der Waals surface area contributed by atoms with E-state index in [9.17, 15) is 9.90 Å². The van der Waals surface area contributed by atoms with Crippen LogP contribution in [0.4, 0.5) is 0 Å². The lowest BCUT2D eigenvalue weighted by Crippen LogP contribution is -2.08. The van der Waals surface area contributed by atoms with Crippen molar-refractivity contribution in [1.29, 1.82) is 0 Å². The normalized spacial score (nSPS) is 10.9. The van der Waals surface area contributed by atoms with Crippen LogP contribution in [0.15, 0.2) is 30.3 Å². The summed E-state index contributed by atoms with van der Waals surface area (Å²) in [5.41, 5.74) is 1.42. The summed E-state index contributed by atoms with van der Waals surface area (Å²) in [7, 11) is 0. The minimum absolute atomic E-state index is 0.396. The lowest BCUT2D eigenvalue weighted by molar-refractivity contribution is 0.0685. The van der Waals surface area contributed by atoms with Crippen LogP contribution in [0.1, 0.15) is 43.1 Å². The molecular weight excluding hydrogens is 226 g/mol. The molecule has 0 saturated heterocycles. The monoisotopic (exact) mass is 245 g/mol. The van der Waals surface area contributed by atoms with Crippen LogP contribution in [-0.2, 0) is 6.54 Å². The predicted molar refractivity (Wildman–Crippen MR) is 73.0 cm³/mol. The number of hydrogen-bond donors (Lipinski definition) is 1. The molecule has 3 nitrogen and oxygen atoms in total. The largest absolute Gasteiger partial charge is 0.477 e. The maximum absolute atomic E-state index is 11.3. The Labute approximate surface area is 107 Å². The number of unbranched alkanes of at least 4 members (excludes halogenated alkanes) is 3. The third kappa shape index (κ3) is 2.55. The van der Waals surface area contributed by atoms with Gasteiger partial charge in [-0.3, -0.25) is 0 Å². The number of carbonyl (C=O) groups is 1. The fourth-order valence-corrected chi connectivity index (χ4v) is 2.33. The molecular formula is C15H19NO2. The zero-order valence-electron chi connectivity index (χ0n) is 10.7. The second kappa shape index (κ2) is 5.71. The summed E-state index contributed by atoms with van der Waals surface area (Å²) >= 11 is 0. The van der Waals surface area contributed by atoms with Gasteiger partial charge in [0.25, 0.3) is 0 Å². The molecule has 1 aromatic heterocycles. The Kier molecular flexibility index (Phi) is 4.03. The van der Waals surface area contributed by atoms with Crippen LogP contribution in [0.3, 0.4) is 0 Å². The summed E-state index contributed by atoms with van der Waals surface area (Å²) < 4.78 is 1.92. The molecule has 0 saturated carbocycles. The quantitative estimate of drug-likeness (QED) is 0.784. The average molecular weight is 245 g/mol. The third-order valence-electron chi connectivity index (χ3n) is 3.26. The SMILES string of the molecule is CCCCCCn1c(C(=O)O)cc2ccccc21. The van der Waals surface area contributed by atoms with Gasteiger partial charge in [0.1, 0.15) is 5.69 Å². The number of para-hydroxylation sites is 1.